The van der Waals surface area contributed by atoms with Crippen molar-refractivity contribution in [3.63, 3.8) is 0 Å². The summed E-state index contributed by atoms with van der Waals surface area (Å²) in [6.07, 6.45) is 1.59. The highest BCUT2D eigenvalue weighted by atomic mass is 79.9. The fraction of sp³-hybridized carbons (Fsp3) is 0.333. The number of carbonyl (C=O) groups excluding carboxylic acids is 1. The lowest BCUT2D eigenvalue weighted by atomic mass is 9.92. The minimum absolute atomic E-state index is 0.175. The van der Waals surface area contributed by atoms with E-state index in [0.29, 0.717) is 26.0 Å². The molecule has 1 amide bonds. The molecule has 0 saturated carbocycles. The van der Waals surface area contributed by atoms with Crippen molar-refractivity contribution in [2.24, 2.45) is 5.10 Å². The molecule has 0 radical (unpaired) electrons. The number of nitrogens with zero attached hydrogens (tertiary/aromatic N) is 1. The van der Waals surface area contributed by atoms with E-state index in [9.17, 15) is 9.90 Å². The number of hydrogen-bond donors (Lipinski definition) is 2. The van der Waals surface area contributed by atoms with E-state index < -0.39 is 0 Å². The Hall–Kier alpha value is -1.86. The highest BCUT2D eigenvalue weighted by Crippen LogP contribution is 2.35. The zero-order chi connectivity index (χ0) is 21.0. The molecule has 0 atom stereocenters. The predicted octanol–water partition coefficient (Wildman–Crippen LogP) is 5.94. The van der Waals surface area contributed by atoms with Gasteiger partial charge in [0.2, 0.25) is 0 Å². The van der Waals surface area contributed by atoms with Gasteiger partial charge < -0.3 is 9.84 Å². The monoisotopic (exact) mass is 510 g/mol. The zero-order valence-electron chi connectivity index (χ0n) is 16.5. The van der Waals surface area contributed by atoms with Crippen LogP contribution < -0.4 is 10.2 Å². The molecule has 0 aromatic heterocycles. The smallest absolute Gasteiger partial charge is 0.271 e. The van der Waals surface area contributed by atoms with Gasteiger partial charge in [-0.15, -0.1) is 0 Å². The average Bonchev–Trinajstić information content (AvgIpc) is 2.61. The van der Waals surface area contributed by atoms with Gasteiger partial charge in [0, 0.05) is 5.56 Å². The molecular weight excluding hydrogens is 488 g/mol. The van der Waals surface area contributed by atoms with Gasteiger partial charge in [0.25, 0.3) is 5.91 Å². The Morgan fingerprint density at radius 2 is 1.57 bits per heavy atom. The van der Waals surface area contributed by atoms with Gasteiger partial charge in [-0.25, -0.2) is 5.43 Å². The maximum Gasteiger partial charge on any atom is 0.271 e. The molecule has 2 aromatic rings. The summed E-state index contributed by atoms with van der Waals surface area (Å²) < 4.78 is 6.58. The number of hydrogen-bond acceptors (Lipinski definition) is 4. The molecule has 0 aliphatic rings. The van der Waals surface area contributed by atoms with Crippen molar-refractivity contribution in [1.82, 2.24) is 5.43 Å². The summed E-state index contributed by atoms with van der Waals surface area (Å²) in [6.45, 7) is 8.12. The van der Waals surface area contributed by atoms with Crippen LogP contribution in [0.1, 0.15) is 66.6 Å². The minimum Gasteiger partial charge on any atom is -0.507 e. The summed E-state index contributed by atoms with van der Waals surface area (Å²) >= 11 is 6.77. The van der Waals surface area contributed by atoms with Crippen LogP contribution in [0.4, 0.5) is 0 Å². The van der Waals surface area contributed by atoms with Crippen molar-refractivity contribution < 1.29 is 14.6 Å². The maximum atomic E-state index is 12.4. The van der Waals surface area contributed by atoms with Gasteiger partial charge in [-0.2, -0.15) is 5.10 Å². The number of benzene rings is 2. The molecule has 2 aromatic carbocycles. The summed E-state index contributed by atoms with van der Waals surface area (Å²) in [6, 6.07) is 7.12. The van der Waals surface area contributed by atoms with E-state index in [-0.39, 0.29) is 17.7 Å². The standard InChI is InChI=1S/C21H24Br2N2O3/c1-11(2)15-6-13(7-16(12(3)4)19(15)26)10-24-25-21(27)14-8-17(22)20(28-5)18(23)9-14/h6-12,26H,1-5H3,(H,25,27)/b24-10-. The van der Waals surface area contributed by atoms with Crippen molar-refractivity contribution in [2.45, 2.75) is 39.5 Å². The lowest BCUT2D eigenvalue weighted by Gasteiger charge is -2.16. The Kier molecular flexibility index (Phi) is 7.66. The summed E-state index contributed by atoms with van der Waals surface area (Å²) in [5.41, 5.74) is 5.52. The Labute approximate surface area is 182 Å². The molecule has 150 valence electrons. The second-order valence-corrected chi connectivity index (χ2v) is 8.74. The molecule has 0 saturated heterocycles. The number of phenolic OH excluding ortho intramolecular Hbond substituents is 1. The third kappa shape index (κ3) is 5.14. The summed E-state index contributed by atoms with van der Waals surface area (Å²) in [7, 11) is 1.56. The van der Waals surface area contributed by atoms with Crippen molar-refractivity contribution in [1.29, 1.82) is 0 Å². The van der Waals surface area contributed by atoms with Crippen molar-refractivity contribution in [3.8, 4) is 11.5 Å². The summed E-state index contributed by atoms with van der Waals surface area (Å²) in [5, 5.41) is 14.6. The molecule has 0 aliphatic carbocycles. The number of aromatic hydroxyl groups is 1. The predicted molar refractivity (Wildman–Crippen MR) is 120 cm³/mol. The molecule has 0 aliphatic heterocycles. The van der Waals surface area contributed by atoms with Crippen molar-refractivity contribution in [3.05, 3.63) is 55.5 Å². The van der Waals surface area contributed by atoms with Gasteiger partial charge in [0.1, 0.15) is 11.5 Å². The van der Waals surface area contributed by atoms with Gasteiger partial charge in [-0.05, 0) is 84.7 Å². The van der Waals surface area contributed by atoms with E-state index >= 15 is 0 Å². The third-order valence-electron chi connectivity index (χ3n) is 4.28. The van der Waals surface area contributed by atoms with Crippen LogP contribution in [0.3, 0.4) is 0 Å². The van der Waals surface area contributed by atoms with Crippen molar-refractivity contribution >= 4 is 44.0 Å². The Morgan fingerprint density at radius 3 is 2.00 bits per heavy atom. The number of hydrazone groups is 1. The molecule has 0 spiro atoms. The van der Waals surface area contributed by atoms with E-state index in [0.717, 1.165) is 16.7 Å². The minimum atomic E-state index is -0.341. The highest BCUT2D eigenvalue weighted by Gasteiger charge is 2.15. The first-order chi connectivity index (χ1) is 13.1. The first-order valence-electron chi connectivity index (χ1n) is 8.88. The number of nitrogens with one attached hydrogen (secondary N) is 1. The molecular formula is C21H24Br2N2O3. The lowest BCUT2D eigenvalue weighted by molar-refractivity contribution is 0.0955. The van der Waals surface area contributed by atoms with Gasteiger partial charge in [0.05, 0.1) is 22.3 Å². The average molecular weight is 512 g/mol. The second-order valence-electron chi connectivity index (χ2n) is 7.03. The first kappa shape index (κ1) is 22.4. The number of rotatable bonds is 6. The van der Waals surface area contributed by atoms with Gasteiger partial charge in [-0.1, -0.05) is 27.7 Å². The fourth-order valence-corrected chi connectivity index (χ4v) is 4.29. The fourth-order valence-electron chi connectivity index (χ4n) is 2.77. The van der Waals surface area contributed by atoms with Gasteiger partial charge >= 0.3 is 0 Å². The van der Waals surface area contributed by atoms with Crippen LogP contribution in [0, 0.1) is 0 Å². The summed E-state index contributed by atoms with van der Waals surface area (Å²) in [5.74, 6) is 0.960. The molecule has 0 bridgehead atoms. The zero-order valence-corrected chi connectivity index (χ0v) is 19.7. The number of carbonyl (C=O) groups is 1. The normalized spacial score (nSPS) is 11.5. The second kappa shape index (κ2) is 9.56. The Morgan fingerprint density at radius 1 is 1.07 bits per heavy atom. The first-order valence-corrected chi connectivity index (χ1v) is 10.5. The number of methoxy groups -OCH3 is 1. The van der Waals surface area contributed by atoms with Crippen LogP contribution in [0.15, 0.2) is 38.3 Å². The molecule has 0 unspecified atom stereocenters. The van der Waals surface area contributed by atoms with Gasteiger partial charge in [0.15, 0.2) is 0 Å². The number of halogens is 2. The third-order valence-corrected chi connectivity index (χ3v) is 5.46. The van der Waals surface area contributed by atoms with Crippen LogP contribution in [0.5, 0.6) is 11.5 Å². The SMILES string of the molecule is COc1c(Br)cc(C(=O)N/N=C\c2cc(C(C)C)c(O)c(C(C)C)c2)cc1Br. The highest BCUT2D eigenvalue weighted by molar-refractivity contribution is 9.11. The Bertz CT molecular complexity index is 857. The van der Waals surface area contributed by atoms with E-state index in [1.807, 2.05) is 39.8 Å². The topological polar surface area (TPSA) is 70.9 Å². The Balaban J connectivity index is 2.24. The van der Waals surface area contributed by atoms with Crippen LogP contribution in [-0.2, 0) is 0 Å². The molecule has 28 heavy (non-hydrogen) atoms. The number of phenols is 1. The quantitative estimate of drug-likeness (QED) is 0.372. The molecule has 2 rings (SSSR count). The maximum absolute atomic E-state index is 12.4. The lowest BCUT2D eigenvalue weighted by Crippen LogP contribution is -2.17. The van der Waals surface area contributed by atoms with E-state index in [2.05, 4.69) is 42.4 Å². The van der Waals surface area contributed by atoms with Crippen LogP contribution in [-0.4, -0.2) is 24.3 Å². The van der Waals surface area contributed by atoms with Crippen LogP contribution in [0.2, 0.25) is 0 Å². The molecule has 0 fully saturated rings. The van der Waals surface area contributed by atoms with E-state index in [4.69, 9.17) is 4.74 Å². The molecule has 2 N–H and O–H groups in total. The van der Waals surface area contributed by atoms with E-state index in [1.54, 1.807) is 25.5 Å². The summed E-state index contributed by atoms with van der Waals surface area (Å²) in [4.78, 5) is 12.4. The number of amides is 1. The molecule has 5 nitrogen and oxygen atoms in total. The van der Waals surface area contributed by atoms with E-state index in [1.165, 1.54) is 0 Å². The largest absolute Gasteiger partial charge is 0.507 e. The van der Waals surface area contributed by atoms with Crippen molar-refractivity contribution in [2.75, 3.05) is 7.11 Å². The molecule has 7 heteroatoms. The molecule has 0 heterocycles. The number of ether oxygens (including phenoxy) is 1. The van der Waals surface area contributed by atoms with Crippen LogP contribution >= 0.6 is 31.9 Å². The van der Waals surface area contributed by atoms with Gasteiger partial charge in [-0.3, -0.25) is 4.79 Å². The van der Waals surface area contributed by atoms with Crippen LogP contribution in [0.25, 0.3) is 0 Å².